The molecule has 2 bridgehead atoms. The van der Waals surface area contributed by atoms with Crippen molar-refractivity contribution < 1.29 is 0 Å². The van der Waals surface area contributed by atoms with Crippen molar-refractivity contribution in [3.63, 3.8) is 0 Å². The molecule has 0 spiro atoms. The highest BCUT2D eigenvalue weighted by molar-refractivity contribution is 4.91. The van der Waals surface area contributed by atoms with Crippen LogP contribution in [0.5, 0.6) is 0 Å². The second-order valence-electron chi connectivity index (χ2n) is 2.75. The van der Waals surface area contributed by atoms with Crippen molar-refractivity contribution >= 4 is 0 Å². The molecule has 0 unspecified atom stereocenters. The van der Waals surface area contributed by atoms with E-state index in [9.17, 15) is 0 Å². The molecule has 0 atom stereocenters. The fourth-order valence-electron chi connectivity index (χ4n) is 1.55. The van der Waals surface area contributed by atoms with Gasteiger partial charge in [0.15, 0.2) is 0 Å². The van der Waals surface area contributed by atoms with E-state index in [0.29, 0.717) is 0 Å². The van der Waals surface area contributed by atoms with Gasteiger partial charge in [-0.2, -0.15) is 0 Å². The zero-order valence-electron chi connectivity index (χ0n) is 5.06. The fourth-order valence-corrected chi connectivity index (χ4v) is 1.55. The van der Waals surface area contributed by atoms with Gasteiger partial charge in [0.25, 0.3) is 0 Å². The van der Waals surface area contributed by atoms with Crippen LogP contribution < -0.4 is 0 Å². The molecule has 0 aromatic rings. The van der Waals surface area contributed by atoms with Crippen molar-refractivity contribution in [2.24, 2.45) is 5.92 Å². The number of hydrogen-bond acceptors (Lipinski definition) is 1. The summed E-state index contributed by atoms with van der Waals surface area (Å²) in [5, 5.41) is 0. The van der Waals surface area contributed by atoms with Crippen LogP contribution in [-0.4, -0.2) is 24.5 Å². The zero-order valence-corrected chi connectivity index (χ0v) is 5.06. The van der Waals surface area contributed by atoms with Gasteiger partial charge in [-0.15, -0.1) is 0 Å². The van der Waals surface area contributed by atoms with Gasteiger partial charge in [0.05, 0.1) is 0 Å². The van der Waals surface area contributed by atoms with Gasteiger partial charge in [-0.05, 0) is 31.8 Å². The van der Waals surface area contributed by atoms with E-state index < -0.39 is 0 Å². The lowest BCUT2D eigenvalue weighted by atomic mass is 9.89. The highest BCUT2D eigenvalue weighted by Gasteiger charge is 2.24. The number of piperidine rings is 3. The van der Waals surface area contributed by atoms with Crippen molar-refractivity contribution in [3.8, 4) is 0 Å². The first kappa shape index (κ1) is 4.80. The van der Waals surface area contributed by atoms with E-state index >= 15 is 0 Å². The van der Waals surface area contributed by atoms with Gasteiger partial charge >= 0.3 is 0 Å². The highest BCUT2D eigenvalue weighted by Crippen LogP contribution is 2.25. The number of rotatable bonds is 0. The Balaban J connectivity index is 2.03. The minimum absolute atomic E-state index is 0.861. The van der Waals surface area contributed by atoms with Gasteiger partial charge in [0.1, 0.15) is 0 Å². The molecule has 3 aliphatic rings. The van der Waals surface area contributed by atoms with Gasteiger partial charge in [-0.3, -0.25) is 0 Å². The molecule has 8 heavy (non-hydrogen) atoms. The highest BCUT2D eigenvalue weighted by atomic mass is 15.1. The molecule has 1 nitrogen and oxygen atoms in total. The number of hydrogen-bond donors (Lipinski definition) is 0. The molecular formula is C7H11N. The Kier molecular flexibility index (Phi) is 1.04. The van der Waals surface area contributed by atoms with E-state index in [0.717, 1.165) is 12.5 Å². The molecule has 0 aliphatic carbocycles. The fraction of sp³-hybridized carbons (Fsp3) is 0.857. The Morgan fingerprint density at radius 2 is 2.00 bits per heavy atom. The van der Waals surface area contributed by atoms with Crippen LogP contribution in [0.15, 0.2) is 0 Å². The van der Waals surface area contributed by atoms with Crippen LogP contribution in [0.3, 0.4) is 0 Å². The molecule has 3 saturated heterocycles. The maximum atomic E-state index is 3.44. The number of nitrogens with zero attached hydrogens (tertiary/aromatic N) is 1. The van der Waals surface area contributed by atoms with Gasteiger partial charge in [0.2, 0.25) is 0 Å². The molecule has 0 aromatic heterocycles. The predicted molar refractivity (Wildman–Crippen MR) is 32.4 cm³/mol. The SMILES string of the molecule is [C]1CN2CCC1CC2. The lowest BCUT2D eigenvalue weighted by Crippen LogP contribution is -2.41. The third kappa shape index (κ3) is 0.655. The van der Waals surface area contributed by atoms with Crippen molar-refractivity contribution in [3.05, 3.63) is 6.42 Å². The summed E-state index contributed by atoms with van der Waals surface area (Å²) in [5.74, 6) is 0.861. The van der Waals surface area contributed by atoms with Crippen molar-refractivity contribution in [1.82, 2.24) is 4.90 Å². The first-order valence-electron chi connectivity index (χ1n) is 3.41. The van der Waals surface area contributed by atoms with Crippen LogP contribution in [0.4, 0.5) is 0 Å². The summed E-state index contributed by atoms with van der Waals surface area (Å²) in [4.78, 5) is 2.47. The molecule has 2 radical (unpaired) electrons. The molecule has 0 saturated carbocycles. The second kappa shape index (κ2) is 1.73. The summed E-state index contributed by atoms with van der Waals surface area (Å²) in [6, 6.07) is 0. The zero-order chi connectivity index (χ0) is 5.40. The molecule has 0 N–H and O–H groups in total. The minimum Gasteiger partial charge on any atom is -0.303 e. The molecule has 3 aliphatic heterocycles. The summed E-state index contributed by atoms with van der Waals surface area (Å²) < 4.78 is 0. The van der Waals surface area contributed by atoms with Gasteiger partial charge < -0.3 is 4.90 Å². The van der Waals surface area contributed by atoms with Crippen molar-refractivity contribution in [2.45, 2.75) is 12.8 Å². The molecule has 3 heterocycles. The lowest BCUT2D eigenvalue weighted by molar-refractivity contribution is 0.157. The standard InChI is InChI=1S/C7H11N/c1-4-8-5-2-7(1)3-6-8/h7H,1-2,4-6H2. The van der Waals surface area contributed by atoms with E-state index in [-0.39, 0.29) is 0 Å². The Morgan fingerprint density at radius 3 is 2.12 bits per heavy atom. The third-order valence-corrected chi connectivity index (χ3v) is 2.19. The molecule has 44 valence electrons. The first-order valence-corrected chi connectivity index (χ1v) is 3.41. The average Bonchev–Trinajstić information content (AvgIpc) is 1.92. The van der Waals surface area contributed by atoms with Gasteiger partial charge in [-0.25, -0.2) is 0 Å². The summed E-state index contributed by atoms with van der Waals surface area (Å²) >= 11 is 0. The van der Waals surface area contributed by atoms with Crippen molar-refractivity contribution in [1.29, 1.82) is 0 Å². The van der Waals surface area contributed by atoms with E-state index in [1.807, 2.05) is 0 Å². The topological polar surface area (TPSA) is 3.24 Å². The van der Waals surface area contributed by atoms with E-state index in [1.165, 1.54) is 25.9 Å². The van der Waals surface area contributed by atoms with Gasteiger partial charge in [0, 0.05) is 13.0 Å². The Morgan fingerprint density at radius 1 is 1.25 bits per heavy atom. The average molecular weight is 109 g/mol. The third-order valence-electron chi connectivity index (χ3n) is 2.19. The summed E-state index contributed by atoms with van der Waals surface area (Å²) in [6.07, 6.45) is 6.19. The van der Waals surface area contributed by atoms with E-state index in [1.54, 1.807) is 0 Å². The number of fused-ring (bicyclic) bond motifs is 3. The van der Waals surface area contributed by atoms with Crippen LogP contribution in [0.1, 0.15) is 12.8 Å². The molecule has 0 aromatic carbocycles. The lowest BCUT2D eigenvalue weighted by Gasteiger charge is -2.38. The van der Waals surface area contributed by atoms with E-state index in [2.05, 4.69) is 11.3 Å². The quantitative estimate of drug-likeness (QED) is 0.444. The van der Waals surface area contributed by atoms with Crippen LogP contribution in [0.2, 0.25) is 0 Å². The monoisotopic (exact) mass is 109 g/mol. The summed E-state index contributed by atoms with van der Waals surface area (Å²) in [7, 11) is 0. The Hall–Kier alpha value is -0.0400. The molecular weight excluding hydrogens is 98.1 g/mol. The Labute approximate surface area is 50.7 Å². The van der Waals surface area contributed by atoms with Crippen molar-refractivity contribution in [2.75, 3.05) is 19.6 Å². The minimum atomic E-state index is 0.861. The largest absolute Gasteiger partial charge is 0.303 e. The Bertz CT molecular complexity index is 59.4. The van der Waals surface area contributed by atoms with Crippen LogP contribution in [-0.2, 0) is 0 Å². The maximum absolute atomic E-state index is 3.44. The van der Waals surface area contributed by atoms with Crippen LogP contribution >= 0.6 is 0 Å². The van der Waals surface area contributed by atoms with Gasteiger partial charge in [-0.1, -0.05) is 0 Å². The first-order chi connectivity index (χ1) is 3.95. The molecule has 1 heteroatoms. The van der Waals surface area contributed by atoms with Crippen LogP contribution in [0.25, 0.3) is 0 Å². The molecule has 3 rings (SSSR count). The summed E-state index contributed by atoms with van der Waals surface area (Å²) in [6.45, 7) is 3.81. The predicted octanol–water partition coefficient (Wildman–Crippen LogP) is 0.793. The van der Waals surface area contributed by atoms with Crippen LogP contribution in [0, 0.1) is 12.3 Å². The van der Waals surface area contributed by atoms with E-state index in [4.69, 9.17) is 0 Å². The second-order valence-corrected chi connectivity index (χ2v) is 2.75. The maximum Gasteiger partial charge on any atom is 0.00529 e. The molecule has 3 fully saturated rings. The normalized spacial score (nSPS) is 45.0. The smallest absolute Gasteiger partial charge is 0.00529 e. The summed E-state index contributed by atoms with van der Waals surface area (Å²) in [5.41, 5.74) is 0. The molecule has 0 amide bonds.